The molecule has 78 valence electrons. The Hall–Kier alpha value is 0.0500. The van der Waals surface area contributed by atoms with Crippen LogP contribution in [0.1, 0.15) is 19.3 Å². The van der Waals surface area contributed by atoms with E-state index >= 15 is 0 Å². The Morgan fingerprint density at radius 1 is 1.29 bits per heavy atom. The molecular formula is C12H18OS. The molecule has 3 rings (SSSR count). The molecule has 0 aromatic rings. The molecule has 1 nitrogen and oxygen atoms in total. The van der Waals surface area contributed by atoms with Gasteiger partial charge in [-0.2, -0.15) is 11.8 Å². The molecule has 5 unspecified atom stereocenters. The van der Waals surface area contributed by atoms with Crippen LogP contribution in [0.25, 0.3) is 0 Å². The number of hydrogen-bond acceptors (Lipinski definition) is 2. The van der Waals surface area contributed by atoms with Gasteiger partial charge in [0.25, 0.3) is 0 Å². The van der Waals surface area contributed by atoms with Crippen LogP contribution >= 0.6 is 11.8 Å². The van der Waals surface area contributed by atoms with E-state index in [0.717, 1.165) is 34.7 Å². The predicted molar refractivity (Wildman–Crippen MR) is 60.3 cm³/mol. The van der Waals surface area contributed by atoms with E-state index in [1.807, 2.05) is 11.8 Å². The average molecular weight is 210 g/mol. The van der Waals surface area contributed by atoms with Crippen LogP contribution in [0.5, 0.6) is 0 Å². The van der Waals surface area contributed by atoms with Crippen molar-refractivity contribution in [3.05, 3.63) is 12.2 Å². The molecule has 2 fully saturated rings. The topological polar surface area (TPSA) is 20.2 Å². The minimum atomic E-state index is 0.350. The lowest BCUT2D eigenvalue weighted by Gasteiger charge is -2.30. The summed E-state index contributed by atoms with van der Waals surface area (Å²) in [6.07, 6.45) is 9.12. The van der Waals surface area contributed by atoms with Crippen molar-refractivity contribution in [3.8, 4) is 0 Å². The highest BCUT2D eigenvalue weighted by Crippen LogP contribution is 2.59. The summed E-state index contributed by atoms with van der Waals surface area (Å²) in [6.45, 7) is 0.350. The van der Waals surface area contributed by atoms with E-state index in [1.165, 1.54) is 19.3 Å². The molecule has 0 aliphatic heterocycles. The average Bonchev–Trinajstić information content (AvgIpc) is 2.85. The number of aliphatic hydroxyl groups excluding tert-OH is 1. The van der Waals surface area contributed by atoms with E-state index in [9.17, 15) is 0 Å². The first-order valence-corrected chi connectivity index (χ1v) is 6.84. The van der Waals surface area contributed by atoms with Gasteiger partial charge in [0.05, 0.1) is 6.61 Å². The monoisotopic (exact) mass is 210 g/mol. The predicted octanol–water partition coefficient (Wildman–Crippen LogP) is 2.31. The molecule has 0 spiro atoms. The van der Waals surface area contributed by atoms with Gasteiger partial charge in [-0.05, 0) is 42.9 Å². The van der Waals surface area contributed by atoms with Crippen LogP contribution in [0, 0.1) is 23.7 Å². The third kappa shape index (κ3) is 1.27. The highest BCUT2D eigenvalue weighted by Gasteiger charge is 2.52. The molecule has 3 aliphatic rings. The van der Waals surface area contributed by atoms with Crippen LogP contribution in [-0.2, 0) is 0 Å². The Morgan fingerprint density at radius 3 is 3.07 bits per heavy atom. The number of aliphatic hydroxyl groups is 1. The van der Waals surface area contributed by atoms with E-state index in [-0.39, 0.29) is 0 Å². The minimum absolute atomic E-state index is 0.350. The maximum atomic E-state index is 8.85. The zero-order chi connectivity index (χ0) is 9.54. The molecule has 0 aromatic heterocycles. The van der Waals surface area contributed by atoms with Gasteiger partial charge in [0.1, 0.15) is 0 Å². The number of thioether (sulfide) groups is 1. The summed E-state index contributed by atoms with van der Waals surface area (Å²) in [5.74, 6) is 4.81. The van der Waals surface area contributed by atoms with E-state index in [0.29, 0.717) is 6.61 Å². The number of hydrogen-bond donors (Lipinski definition) is 1. The van der Waals surface area contributed by atoms with Crippen LogP contribution in [0.3, 0.4) is 0 Å². The molecule has 0 amide bonds. The third-order valence-electron chi connectivity index (χ3n) is 4.37. The van der Waals surface area contributed by atoms with Crippen molar-refractivity contribution in [2.45, 2.75) is 24.5 Å². The molecule has 2 bridgehead atoms. The van der Waals surface area contributed by atoms with Crippen LogP contribution in [0.4, 0.5) is 0 Å². The Kier molecular flexibility index (Phi) is 2.37. The van der Waals surface area contributed by atoms with Crippen LogP contribution in [0.15, 0.2) is 12.2 Å². The normalized spacial score (nSPS) is 48.8. The molecule has 2 heteroatoms. The molecule has 0 heterocycles. The molecule has 0 aromatic carbocycles. The van der Waals surface area contributed by atoms with Gasteiger partial charge in [0.15, 0.2) is 0 Å². The highest BCUT2D eigenvalue weighted by molar-refractivity contribution is 7.99. The second kappa shape index (κ2) is 3.57. The molecule has 5 atom stereocenters. The van der Waals surface area contributed by atoms with Crippen molar-refractivity contribution < 1.29 is 5.11 Å². The van der Waals surface area contributed by atoms with Crippen LogP contribution < -0.4 is 0 Å². The SMILES string of the molecule is OCCSC1CC2CC1C1C=CCC21. The Bertz CT molecular complexity index is 251. The largest absolute Gasteiger partial charge is 0.396 e. The zero-order valence-corrected chi connectivity index (χ0v) is 9.25. The lowest BCUT2D eigenvalue weighted by molar-refractivity contribution is 0.290. The number of allylic oxidation sites excluding steroid dienone is 2. The Morgan fingerprint density at radius 2 is 2.21 bits per heavy atom. The van der Waals surface area contributed by atoms with Crippen molar-refractivity contribution in [1.82, 2.24) is 0 Å². The van der Waals surface area contributed by atoms with E-state index < -0.39 is 0 Å². The summed E-state index contributed by atoms with van der Waals surface area (Å²) in [7, 11) is 0. The number of fused-ring (bicyclic) bond motifs is 5. The molecule has 0 radical (unpaired) electrons. The molecule has 0 saturated heterocycles. The van der Waals surface area contributed by atoms with Crippen molar-refractivity contribution in [3.63, 3.8) is 0 Å². The summed E-state index contributed by atoms with van der Waals surface area (Å²) in [5, 5.41) is 9.71. The van der Waals surface area contributed by atoms with Crippen LogP contribution in [-0.4, -0.2) is 22.7 Å². The quantitative estimate of drug-likeness (QED) is 0.721. The van der Waals surface area contributed by atoms with Crippen molar-refractivity contribution in [2.75, 3.05) is 12.4 Å². The Balaban J connectivity index is 1.67. The second-order valence-corrected chi connectivity index (χ2v) is 6.28. The lowest BCUT2D eigenvalue weighted by Crippen LogP contribution is -2.26. The van der Waals surface area contributed by atoms with E-state index in [2.05, 4.69) is 12.2 Å². The first-order chi connectivity index (χ1) is 6.90. The first kappa shape index (κ1) is 9.29. The van der Waals surface area contributed by atoms with Gasteiger partial charge in [-0.25, -0.2) is 0 Å². The van der Waals surface area contributed by atoms with Gasteiger partial charge in [0.2, 0.25) is 0 Å². The second-order valence-electron chi connectivity index (χ2n) is 4.93. The smallest absolute Gasteiger partial charge is 0.0521 e. The van der Waals surface area contributed by atoms with Gasteiger partial charge >= 0.3 is 0 Å². The van der Waals surface area contributed by atoms with Gasteiger partial charge in [-0.3, -0.25) is 0 Å². The van der Waals surface area contributed by atoms with Crippen LogP contribution in [0.2, 0.25) is 0 Å². The summed E-state index contributed by atoms with van der Waals surface area (Å²) in [6, 6.07) is 0. The van der Waals surface area contributed by atoms with Gasteiger partial charge in [-0.1, -0.05) is 12.2 Å². The standard InChI is InChI=1S/C12H18OS/c13-4-5-14-12-7-8-6-11(12)10-3-1-2-9(8)10/h1,3,8-13H,2,4-7H2. The molecule has 14 heavy (non-hydrogen) atoms. The maximum Gasteiger partial charge on any atom is 0.0521 e. The van der Waals surface area contributed by atoms with E-state index in [4.69, 9.17) is 5.11 Å². The van der Waals surface area contributed by atoms with Gasteiger partial charge in [-0.15, -0.1) is 0 Å². The molecule has 1 N–H and O–H groups in total. The first-order valence-electron chi connectivity index (χ1n) is 5.79. The van der Waals surface area contributed by atoms with E-state index in [1.54, 1.807) is 0 Å². The fraction of sp³-hybridized carbons (Fsp3) is 0.833. The fourth-order valence-corrected chi connectivity index (χ4v) is 5.21. The van der Waals surface area contributed by atoms with Crippen molar-refractivity contribution in [1.29, 1.82) is 0 Å². The zero-order valence-electron chi connectivity index (χ0n) is 8.43. The minimum Gasteiger partial charge on any atom is -0.396 e. The summed E-state index contributed by atoms with van der Waals surface area (Å²) in [4.78, 5) is 0. The lowest BCUT2D eigenvalue weighted by atomic mass is 9.81. The third-order valence-corrected chi connectivity index (χ3v) is 5.76. The summed E-state index contributed by atoms with van der Waals surface area (Å²) in [5.41, 5.74) is 0. The van der Waals surface area contributed by atoms with Gasteiger partial charge in [0, 0.05) is 11.0 Å². The molecule has 2 saturated carbocycles. The van der Waals surface area contributed by atoms with Crippen molar-refractivity contribution >= 4 is 11.8 Å². The highest BCUT2D eigenvalue weighted by atomic mass is 32.2. The van der Waals surface area contributed by atoms with Gasteiger partial charge < -0.3 is 5.11 Å². The maximum absolute atomic E-state index is 8.85. The summed E-state index contributed by atoms with van der Waals surface area (Å²) < 4.78 is 0. The molecular weight excluding hydrogens is 192 g/mol. The van der Waals surface area contributed by atoms with Crippen molar-refractivity contribution in [2.24, 2.45) is 23.7 Å². The fourth-order valence-electron chi connectivity index (χ4n) is 3.88. The number of rotatable bonds is 3. The molecule has 3 aliphatic carbocycles. The Labute approximate surface area is 90.0 Å². The summed E-state index contributed by atoms with van der Waals surface area (Å²) >= 11 is 2.01.